The van der Waals surface area contributed by atoms with E-state index in [1.54, 1.807) is 13.0 Å². The van der Waals surface area contributed by atoms with Crippen molar-refractivity contribution in [3.05, 3.63) is 33.9 Å². The number of carbonyl (C=O) groups is 1. The fraction of sp³-hybridized carbons (Fsp3) is 0.273. The standard InChI is InChI=1S/C11H12N4O3/c1-2-13-11(16)7-14-9-3-4-10(15(17)18)8(5-9)6-12/h3-5,14H,2,7H2,1H3,(H,13,16). The third-order valence-corrected chi connectivity index (χ3v) is 2.14. The van der Waals surface area contributed by atoms with Gasteiger partial charge in [-0.05, 0) is 19.1 Å². The van der Waals surface area contributed by atoms with Gasteiger partial charge in [-0.1, -0.05) is 0 Å². The predicted octanol–water partition coefficient (Wildman–Crippen LogP) is 1.01. The lowest BCUT2D eigenvalue weighted by Crippen LogP contribution is -2.29. The molecule has 0 fully saturated rings. The van der Waals surface area contributed by atoms with Crippen LogP contribution >= 0.6 is 0 Å². The summed E-state index contributed by atoms with van der Waals surface area (Å²) in [4.78, 5) is 21.2. The van der Waals surface area contributed by atoms with Crippen molar-refractivity contribution in [2.75, 3.05) is 18.4 Å². The molecular weight excluding hydrogens is 236 g/mol. The minimum atomic E-state index is -0.619. The van der Waals surface area contributed by atoms with Gasteiger partial charge in [0.1, 0.15) is 11.6 Å². The number of likely N-dealkylation sites (N-methyl/N-ethyl adjacent to an activating group) is 1. The molecule has 0 aliphatic heterocycles. The number of benzene rings is 1. The van der Waals surface area contributed by atoms with Crippen LogP contribution in [0.4, 0.5) is 11.4 Å². The summed E-state index contributed by atoms with van der Waals surface area (Å²) in [6.45, 7) is 2.39. The van der Waals surface area contributed by atoms with E-state index in [4.69, 9.17) is 5.26 Å². The summed E-state index contributed by atoms with van der Waals surface area (Å²) in [5, 5.41) is 24.8. The maximum absolute atomic E-state index is 11.2. The van der Waals surface area contributed by atoms with Gasteiger partial charge >= 0.3 is 0 Å². The van der Waals surface area contributed by atoms with Gasteiger partial charge in [0.15, 0.2) is 0 Å². The first-order valence-corrected chi connectivity index (χ1v) is 5.27. The lowest BCUT2D eigenvalue weighted by molar-refractivity contribution is -0.385. The zero-order valence-electron chi connectivity index (χ0n) is 9.77. The Morgan fingerprint density at radius 1 is 1.56 bits per heavy atom. The molecule has 1 aromatic rings. The molecule has 0 bridgehead atoms. The smallest absolute Gasteiger partial charge is 0.287 e. The molecule has 1 amide bonds. The molecule has 0 heterocycles. The summed E-state index contributed by atoms with van der Waals surface area (Å²) in [6, 6.07) is 5.78. The highest BCUT2D eigenvalue weighted by Gasteiger charge is 2.13. The fourth-order valence-electron chi connectivity index (χ4n) is 1.34. The molecule has 0 aliphatic rings. The van der Waals surface area contributed by atoms with Gasteiger partial charge < -0.3 is 10.6 Å². The Bertz CT molecular complexity index is 508. The maximum atomic E-state index is 11.2. The third-order valence-electron chi connectivity index (χ3n) is 2.14. The second-order valence-corrected chi connectivity index (χ2v) is 3.41. The van der Waals surface area contributed by atoms with Crippen molar-refractivity contribution in [3.63, 3.8) is 0 Å². The number of hydrogen-bond donors (Lipinski definition) is 2. The SMILES string of the molecule is CCNC(=O)CNc1ccc([N+](=O)[O-])c(C#N)c1. The van der Waals surface area contributed by atoms with Crippen LogP contribution in [0.2, 0.25) is 0 Å². The van der Waals surface area contributed by atoms with Gasteiger partial charge in [-0.15, -0.1) is 0 Å². The zero-order valence-corrected chi connectivity index (χ0v) is 9.77. The minimum absolute atomic E-state index is 0.0408. The van der Waals surface area contributed by atoms with Crippen LogP contribution in [0.25, 0.3) is 0 Å². The third kappa shape index (κ3) is 3.45. The van der Waals surface area contributed by atoms with Gasteiger partial charge in [-0.3, -0.25) is 14.9 Å². The highest BCUT2D eigenvalue weighted by Crippen LogP contribution is 2.21. The number of nitriles is 1. The molecule has 94 valence electrons. The van der Waals surface area contributed by atoms with Crippen molar-refractivity contribution in [3.8, 4) is 6.07 Å². The van der Waals surface area contributed by atoms with Gasteiger partial charge in [-0.2, -0.15) is 5.26 Å². The number of nitrogens with one attached hydrogen (secondary N) is 2. The Hall–Kier alpha value is -2.62. The molecule has 0 aliphatic carbocycles. The Morgan fingerprint density at radius 3 is 2.83 bits per heavy atom. The molecular formula is C11H12N4O3. The molecule has 1 aromatic carbocycles. The first-order valence-electron chi connectivity index (χ1n) is 5.27. The molecule has 18 heavy (non-hydrogen) atoms. The zero-order chi connectivity index (χ0) is 13.5. The van der Waals surface area contributed by atoms with Crippen LogP contribution in [0.3, 0.4) is 0 Å². The summed E-state index contributed by atoms with van der Waals surface area (Å²) in [7, 11) is 0. The van der Waals surface area contributed by atoms with Gasteiger partial charge in [-0.25, -0.2) is 0 Å². The Labute approximate surface area is 104 Å². The monoisotopic (exact) mass is 248 g/mol. The first kappa shape index (κ1) is 13.4. The number of carbonyl (C=O) groups excluding carboxylic acids is 1. The Kier molecular flexibility index (Phi) is 4.63. The summed E-state index contributed by atoms with van der Waals surface area (Å²) >= 11 is 0. The van der Waals surface area contributed by atoms with Crippen molar-refractivity contribution >= 4 is 17.3 Å². The number of hydrogen-bond acceptors (Lipinski definition) is 5. The molecule has 0 saturated heterocycles. The van der Waals surface area contributed by atoms with E-state index < -0.39 is 4.92 Å². The lowest BCUT2D eigenvalue weighted by atomic mass is 10.2. The number of nitro groups is 1. The van der Waals surface area contributed by atoms with Gasteiger partial charge in [0.25, 0.3) is 5.69 Å². The maximum Gasteiger partial charge on any atom is 0.287 e. The molecule has 1 rings (SSSR count). The molecule has 0 spiro atoms. The van der Waals surface area contributed by atoms with Crippen LogP contribution in [-0.2, 0) is 4.79 Å². The van der Waals surface area contributed by atoms with Crippen molar-refractivity contribution in [1.29, 1.82) is 5.26 Å². The van der Waals surface area contributed by atoms with Gasteiger partial charge in [0.2, 0.25) is 5.91 Å². The first-order chi connectivity index (χ1) is 8.58. The van der Waals surface area contributed by atoms with E-state index >= 15 is 0 Å². The second-order valence-electron chi connectivity index (χ2n) is 3.41. The average molecular weight is 248 g/mol. The Morgan fingerprint density at radius 2 is 2.28 bits per heavy atom. The van der Waals surface area contributed by atoms with Crippen molar-refractivity contribution in [2.45, 2.75) is 6.92 Å². The van der Waals surface area contributed by atoms with E-state index in [-0.39, 0.29) is 23.7 Å². The minimum Gasteiger partial charge on any atom is -0.376 e. The molecule has 7 heteroatoms. The molecule has 7 nitrogen and oxygen atoms in total. The second kappa shape index (κ2) is 6.20. The van der Waals surface area contributed by atoms with E-state index in [0.717, 1.165) is 0 Å². The van der Waals surface area contributed by atoms with Gasteiger partial charge in [0.05, 0.1) is 11.5 Å². The molecule has 0 atom stereocenters. The van der Waals surface area contributed by atoms with Crippen LogP contribution in [0.5, 0.6) is 0 Å². The number of rotatable bonds is 5. The highest BCUT2D eigenvalue weighted by molar-refractivity contribution is 5.80. The van der Waals surface area contributed by atoms with Crippen molar-refractivity contribution < 1.29 is 9.72 Å². The van der Waals surface area contributed by atoms with Crippen molar-refractivity contribution in [2.24, 2.45) is 0 Å². The summed E-state index contributed by atoms with van der Waals surface area (Å²) < 4.78 is 0. The highest BCUT2D eigenvalue weighted by atomic mass is 16.6. The topological polar surface area (TPSA) is 108 Å². The lowest BCUT2D eigenvalue weighted by Gasteiger charge is -2.06. The average Bonchev–Trinajstić information content (AvgIpc) is 2.36. The van der Waals surface area contributed by atoms with E-state index in [1.807, 2.05) is 0 Å². The number of nitro benzene ring substituents is 1. The largest absolute Gasteiger partial charge is 0.376 e. The quantitative estimate of drug-likeness (QED) is 0.597. The summed E-state index contributed by atoms with van der Waals surface area (Å²) in [5.41, 5.74) is 0.199. The molecule has 0 radical (unpaired) electrons. The molecule has 2 N–H and O–H groups in total. The van der Waals surface area contributed by atoms with Crippen LogP contribution in [-0.4, -0.2) is 23.9 Å². The number of nitrogens with zero attached hydrogens (tertiary/aromatic N) is 2. The fourth-order valence-corrected chi connectivity index (χ4v) is 1.34. The summed E-state index contributed by atoms with van der Waals surface area (Å²) in [5.74, 6) is -0.186. The molecule has 0 aromatic heterocycles. The van der Waals surface area contributed by atoms with Crippen molar-refractivity contribution in [1.82, 2.24) is 5.32 Å². The van der Waals surface area contributed by atoms with E-state index in [0.29, 0.717) is 12.2 Å². The van der Waals surface area contributed by atoms with E-state index in [9.17, 15) is 14.9 Å². The van der Waals surface area contributed by atoms with Crippen LogP contribution in [0.1, 0.15) is 12.5 Å². The van der Waals surface area contributed by atoms with Crippen LogP contribution < -0.4 is 10.6 Å². The predicted molar refractivity (Wildman–Crippen MR) is 65.0 cm³/mol. The summed E-state index contributed by atoms with van der Waals surface area (Å²) in [6.07, 6.45) is 0. The number of amides is 1. The van der Waals surface area contributed by atoms with Gasteiger partial charge in [0, 0.05) is 18.3 Å². The molecule has 0 saturated carbocycles. The van der Waals surface area contributed by atoms with Crippen LogP contribution in [0.15, 0.2) is 18.2 Å². The number of anilines is 1. The van der Waals surface area contributed by atoms with E-state index in [1.165, 1.54) is 18.2 Å². The molecule has 0 unspecified atom stereocenters. The van der Waals surface area contributed by atoms with Crippen LogP contribution in [0, 0.1) is 21.4 Å². The Balaban J connectivity index is 2.78. The normalized spacial score (nSPS) is 9.33. The van der Waals surface area contributed by atoms with E-state index in [2.05, 4.69) is 10.6 Å².